The highest BCUT2D eigenvalue weighted by Crippen LogP contribution is 2.07. The van der Waals surface area contributed by atoms with Gasteiger partial charge < -0.3 is 15.3 Å². The maximum absolute atomic E-state index is 11.0. The van der Waals surface area contributed by atoms with Crippen molar-refractivity contribution in [2.75, 3.05) is 6.61 Å². The Morgan fingerprint density at radius 3 is 2.81 bits per heavy atom. The maximum atomic E-state index is 11.0. The Morgan fingerprint density at radius 1 is 1.50 bits per heavy atom. The minimum atomic E-state index is -1.19. The van der Waals surface area contributed by atoms with Crippen molar-refractivity contribution in [2.24, 2.45) is 10.9 Å². The first-order chi connectivity index (χ1) is 7.65. The molecule has 0 amide bonds. The molecule has 1 heterocycles. The number of rotatable bonds is 3. The number of thiophene rings is 1. The lowest BCUT2D eigenvalue weighted by Gasteiger charge is -1.98. The lowest BCUT2D eigenvalue weighted by Crippen LogP contribution is -2.20. The first kappa shape index (κ1) is 12.2. The molecule has 6 nitrogen and oxygen atoms in total. The Balaban J connectivity index is 2.53. The van der Waals surface area contributed by atoms with Gasteiger partial charge in [0.05, 0.1) is 11.5 Å². The number of oxime groups is 1. The molecule has 0 spiro atoms. The van der Waals surface area contributed by atoms with Gasteiger partial charge in [-0.05, 0) is 18.4 Å². The van der Waals surface area contributed by atoms with Gasteiger partial charge in [-0.15, -0.1) is 11.3 Å². The molecule has 1 aromatic rings. The number of nitrogens with two attached hydrogens (primary N) is 1. The second-order valence-corrected chi connectivity index (χ2v) is 3.50. The van der Waals surface area contributed by atoms with Gasteiger partial charge in [-0.1, -0.05) is 11.2 Å². The quantitative estimate of drug-likeness (QED) is 0.208. The van der Waals surface area contributed by atoms with Crippen molar-refractivity contribution in [1.29, 1.82) is 0 Å². The Morgan fingerprint density at radius 2 is 2.25 bits per heavy atom. The molecule has 1 rings (SSSR count). The number of ether oxygens (including phenoxy) is 1. The summed E-state index contributed by atoms with van der Waals surface area (Å²) in [7, 11) is 0. The van der Waals surface area contributed by atoms with E-state index < -0.39 is 11.9 Å². The Kier molecular flexibility index (Phi) is 4.46. The van der Waals surface area contributed by atoms with Crippen LogP contribution in [0.4, 0.5) is 0 Å². The van der Waals surface area contributed by atoms with Gasteiger partial charge in [0, 0.05) is 0 Å². The van der Waals surface area contributed by atoms with E-state index in [4.69, 9.17) is 5.73 Å². The van der Waals surface area contributed by atoms with E-state index in [9.17, 15) is 9.59 Å². The average molecular weight is 242 g/mol. The fraction of sp³-hybridized carbons (Fsp3) is 0.222. The second-order valence-electron chi connectivity index (χ2n) is 2.55. The highest BCUT2D eigenvalue weighted by molar-refractivity contribution is 7.12. The topological polar surface area (TPSA) is 91.0 Å². The minimum Gasteiger partial charge on any atom is -0.458 e. The van der Waals surface area contributed by atoms with Gasteiger partial charge >= 0.3 is 11.9 Å². The largest absolute Gasteiger partial charge is 0.458 e. The van der Waals surface area contributed by atoms with Crippen LogP contribution in [0.25, 0.3) is 0 Å². The van der Waals surface area contributed by atoms with Crippen LogP contribution in [0.1, 0.15) is 11.8 Å². The number of amidine groups is 1. The summed E-state index contributed by atoms with van der Waals surface area (Å²) in [6.07, 6.45) is 0. The summed E-state index contributed by atoms with van der Waals surface area (Å²) in [6.45, 7) is 1.67. The highest BCUT2D eigenvalue weighted by atomic mass is 32.1. The summed E-state index contributed by atoms with van der Waals surface area (Å²) in [5, 5.41) is 5.12. The van der Waals surface area contributed by atoms with E-state index in [-0.39, 0.29) is 12.4 Å². The van der Waals surface area contributed by atoms with Gasteiger partial charge in [0.25, 0.3) is 0 Å². The van der Waals surface area contributed by atoms with Gasteiger partial charge in [0.15, 0.2) is 5.84 Å². The zero-order chi connectivity index (χ0) is 12.0. The molecule has 0 radical (unpaired) electrons. The summed E-state index contributed by atoms with van der Waals surface area (Å²) >= 11 is 1.34. The number of carbonyl (C=O) groups excluding carboxylic acids is 2. The standard InChI is InChI=1S/C9H10N2O4S/c1-2-14-8(12)9(13)15-11-7(10)6-4-3-5-16-6/h3-5H,2H2,1H3,(H2,10,11). The van der Waals surface area contributed by atoms with Gasteiger partial charge in [-0.2, -0.15) is 0 Å². The molecule has 0 aliphatic rings. The Hall–Kier alpha value is -1.89. The van der Waals surface area contributed by atoms with E-state index in [0.717, 1.165) is 0 Å². The van der Waals surface area contributed by atoms with Crippen LogP contribution in [0, 0.1) is 0 Å². The van der Waals surface area contributed by atoms with Crippen LogP contribution in [0.5, 0.6) is 0 Å². The van der Waals surface area contributed by atoms with Crippen molar-refractivity contribution in [3.63, 3.8) is 0 Å². The molecule has 2 N–H and O–H groups in total. The van der Waals surface area contributed by atoms with Crippen LogP contribution in [-0.2, 0) is 19.2 Å². The van der Waals surface area contributed by atoms with Crippen molar-refractivity contribution < 1.29 is 19.2 Å². The number of nitrogens with zero attached hydrogens (tertiary/aromatic N) is 1. The molecule has 0 unspecified atom stereocenters. The Labute approximate surface area is 95.6 Å². The van der Waals surface area contributed by atoms with Crippen molar-refractivity contribution in [3.8, 4) is 0 Å². The molecule has 0 saturated heterocycles. The predicted octanol–water partition coefficient (Wildman–Crippen LogP) is 0.475. The van der Waals surface area contributed by atoms with E-state index >= 15 is 0 Å². The molecule has 0 aromatic carbocycles. The third-order valence-electron chi connectivity index (χ3n) is 1.44. The predicted molar refractivity (Wildman–Crippen MR) is 57.8 cm³/mol. The molecular weight excluding hydrogens is 232 g/mol. The lowest BCUT2D eigenvalue weighted by atomic mass is 10.4. The van der Waals surface area contributed by atoms with Gasteiger partial charge in [0.2, 0.25) is 0 Å². The average Bonchev–Trinajstić information content (AvgIpc) is 2.79. The lowest BCUT2D eigenvalue weighted by molar-refractivity contribution is -0.167. The van der Waals surface area contributed by atoms with Crippen LogP contribution in [0.2, 0.25) is 0 Å². The SMILES string of the molecule is CCOC(=O)C(=O)ON=C(N)c1cccs1. The van der Waals surface area contributed by atoms with Crippen LogP contribution < -0.4 is 5.73 Å². The molecule has 7 heteroatoms. The molecule has 0 fully saturated rings. The van der Waals surface area contributed by atoms with Crippen LogP contribution in [0.15, 0.2) is 22.7 Å². The Bertz CT molecular complexity index is 400. The summed E-state index contributed by atoms with van der Waals surface area (Å²) in [4.78, 5) is 26.7. The molecule has 0 aliphatic heterocycles. The van der Waals surface area contributed by atoms with E-state index in [1.165, 1.54) is 11.3 Å². The highest BCUT2D eigenvalue weighted by Gasteiger charge is 2.17. The molecule has 0 atom stereocenters. The maximum Gasteiger partial charge on any atom is 0.443 e. The van der Waals surface area contributed by atoms with E-state index in [1.54, 1.807) is 24.4 Å². The van der Waals surface area contributed by atoms with Gasteiger partial charge in [-0.3, -0.25) is 0 Å². The van der Waals surface area contributed by atoms with Crippen LogP contribution in [-0.4, -0.2) is 24.4 Å². The zero-order valence-corrected chi connectivity index (χ0v) is 9.32. The van der Waals surface area contributed by atoms with Crippen LogP contribution in [0.3, 0.4) is 0 Å². The third kappa shape index (κ3) is 3.35. The van der Waals surface area contributed by atoms with Gasteiger partial charge in [-0.25, -0.2) is 9.59 Å². The first-order valence-electron chi connectivity index (χ1n) is 4.40. The summed E-state index contributed by atoms with van der Waals surface area (Å²) in [5.41, 5.74) is 5.49. The molecule has 16 heavy (non-hydrogen) atoms. The second kappa shape index (κ2) is 5.86. The van der Waals surface area contributed by atoms with Crippen molar-refractivity contribution in [3.05, 3.63) is 22.4 Å². The summed E-state index contributed by atoms with van der Waals surface area (Å²) < 4.78 is 4.41. The van der Waals surface area contributed by atoms with Crippen molar-refractivity contribution in [1.82, 2.24) is 0 Å². The number of hydrogen-bond acceptors (Lipinski definition) is 6. The van der Waals surface area contributed by atoms with E-state index in [1.807, 2.05) is 0 Å². The normalized spacial score (nSPS) is 10.9. The molecule has 0 saturated carbocycles. The zero-order valence-electron chi connectivity index (χ0n) is 8.50. The van der Waals surface area contributed by atoms with Gasteiger partial charge in [0.1, 0.15) is 0 Å². The fourth-order valence-corrected chi connectivity index (χ4v) is 1.41. The fourth-order valence-electron chi connectivity index (χ4n) is 0.787. The molecule has 1 aromatic heterocycles. The summed E-state index contributed by atoms with van der Waals surface area (Å²) in [5.74, 6) is -2.25. The summed E-state index contributed by atoms with van der Waals surface area (Å²) in [6, 6.07) is 3.48. The molecule has 0 aliphatic carbocycles. The monoisotopic (exact) mass is 242 g/mol. The number of carbonyl (C=O) groups is 2. The van der Waals surface area contributed by atoms with E-state index in [2.05, 4.69) is 14.7 Å². The smallest absolute Gasteiger partial charge is 0.443 e. The minimum absolute atomic E-state index is 0.0349. The molecular formula is C9H10N2O4S. The van der Waals surface area contributed by atoms with Crippen molar-refractivity contribution >= 4 is 29.1 Å². The number of hydrogen-bond donors (Lipinski definition) is 1. The molecule has 86 valence electrons. The van der Waals surface area contributed by atoms with Crippen LogP contribution >= 0.6 is 11.3 Å². The number of esters is 1. The first-order valence-corrected chi connectivity index (χ1v) is 5.28. The third-order valence-corrected chi connectivity index (χ3v) is 2.34. The van der Waals surface area contributed by atoms with Crippen molar-refractivity contribution in [2.45, 2.75) is 6.92 Å². The van der Waals surface area contributed by atoms with E-state index in [0.29, 0.717) is 4.88 Å². The molecule has 0 bridgehead atoms.